The van der Waals surface area contributed by atoms with Crippen molar-refractivity contribution in [2.75, 3.05) is 0 Å². The van der Waals surface area contributed by atoms with Crippen molar-refractivity contribution in [3.8, 4) is 0 Å². The second kappa shape index (κ2) is 3.15. The SMILES string of the molecule is CCCc1ccc(C2(O)CC2)cc1. The van der Waals surface area contributed by atoms with E-state index in [0.29, 0.717) is 0 Å². The molecule has 1 heteroatoms. The van der Waals surface area contributed by atoms with Gasteiger partial charge in [-0.2, -0.15) is 0 Å². The smallest absolute Gasteiger partial charge is 0.0899 e. The van der Waals surface area contributed by atoms with Crippen molar-refractivity contribution in [3.05, 3.63) is 35.4 Å². The minimum Gasteiger partial charge on any atom is -0.385 e. The zero-order valence-electron chi connectivity index (χ0n) is 8.09. The maximum absolute atomic E-state index is 9.82. The first-order valence-electron chi connectivity index (χ1n) is 5.06. The Labute approximate surface area is 79.4 Å². The van der Waals surface area contributed by atoms with Gasteiger partial charge in [-0.15, -0.1) is 0 Å². The molecule has 0 atom stereocenters. The number of aryl methyl sites for hydroxylation is 1. The van der Waals surface area contributed by atoms with Crippen molar-refractivity contribution in [1.82, 2.24) is 0 Å². The molecule has 13 heavy (non-hydrogen) atoms. The molecule has 0 aromatic heterocycles. The third kappa shape index (κ3) is 1.75. The molecule has 2 rings (SSSR count). The molecule has 70 valence electrons. The predicted molar refractivity (Wildman–Crippen MR) is 53.6 cm³/mol. The molecular formula is C12H16O. The fourth-order valence-corrected chi connectivity index (χ4v) is 1.68. The molecule has 0 bridgehead atoms. The van der Waals surface area contributed by atoms with Gasteiger partial charge in [0.1, 0.15) is 0 Å². The number of benzene rings is 1. The monoisotopic (exact) mass is 176 g/mol. The van der Waals surface area contributed by atoms with Crippen LogP contribution in [0.2, 0.25) is 0 Å². The van der Waals surface area contributed by atoms with Gasteiger partial charge >= 0.3 is 0 Å². The minimum absolute atomic E-state index is 0.468. The van der Waals surface area contributed by atoms with E-state index in [1.807, 2.05) is 0 Å². The van der Waals surface area contributed by atoms with E-state index >= 15 is 0 Å². The summed E-state index contributed by atoms with van der Waals surface area (Å²) in [5, 5.41) is 9.82. The molecule has 0 unspecified atom stereocenters. The highest BCUT2D eigenvalue weighted by Crippen LogP contribution is 2.45. The van der Waals surface area contributed by atoms with Crippen LogP contribution in [0.5, 0.6) is 0 Å². The van der Waals surface area contributed by atoms with Crippen molar-refractivity contribution < 1.29 is 5.11 Å². The second-order valence-corrected chi connectivity index (χ2v) is 3.98. The van der Waals surface area contributed by atoms with Crippen LogP contribution >= 0.6 is 0 Å². The first-order chi connectivity index (χ1) is 6.24. The Balaban J connectivity index is 2.14. The first-order valence-corrected chi connectivity index (χ1v) is 5.06. The molecule has 1 aromatic carbocycles. The predicted octanol–water partition coefficient (Wildman–Crippen LogP) is 2.62. The van der Waals surface area contributed by atoms with Crippen molar-refractivity contribution in [2.45, 2.75) is 38.2 Å². The van der Waals surface area contributed by atoms with Crippen LogP contribution in [0.3, 0.4) is 0 Å². The summed E-state index contributed by atoms with van der Waals surface area (Å²) >= 11 is 0. The molecule has 0 saturated heterocycles. The summed E-state index contributed by atoms with van der Waals surface area (Å²) in [5.41, 5.74) is 1.99. The molecule has 1 aliphatic carbocycles. The van der Waals surface area contributed by atoms with Crippen LogP contribution in [-0.2, 0) is 12.0 Å². The van der Waals surface area contributed by atoms with E-state index in [4.69, 9.17) is 0 Å². The zero-order valence-corrected chi connectivity index (χ0v) is 8.09. The van der Waals surface area contributed by atoms with Gasteiger partial charge in [-0.25, -0.2) is 0 Å². The first kappa shape index (κ1) is 8.76. The lowest BCUT2D eigenvalue weighted by molar-refractivity contribution is 0.151. The average molecular weight is 176 g/mol. The normalized spacial score (nSPS) is 18.6. The van der Waals surface area contributed by atoms with Crippen LogP contribution in [0.4, 0.5) is 0 Å². The maximum atomic E-state index is 9.82. The van der Waals surface area contributed by atoms with E-state index in [1.165, 1.54) is 12.0 Å². The van der Waals surface area contributed by atoms with Crippen LogP contribution in [0.25, 0.3) is 0 Å². The van der Waals surface area contributed by atoms with E-state index in [2.05, 4.69) is 31.2 Å². The summed E-state index contributed by atoms with van der Waals surface area (Å²) in [7, 11) is 0. The van der Waals surface area contributed by atoms with Crippen molar-refractivity contribution in [2.24, 2.45) is 0 Å². The molecule has 0 amide bonds. The van der Waals surface area contributed by atoms with Crippen molar-refractivity contribution >= 4 is 0 Å². The van der Waals surface area contributed by atoms with Gasteiger partial charge in [0.2, 0.25) is 0 Å². The average Bonchev–Trinajstić information content (AvgIpc) is 2.87. The summed E-state index contributed by atoms with van der Waals surface area (Å²) in [5.74, 6) is 0. The molecule has 1 aliphatic rings. The van der Waals surface area contributed by atoms with E-state index in [0.717, 1.165) is 24.8 Å². The van der Waals surface area contributed by atoms with Gasteiger partial charge in [-0.05, 0) is 30.4 Å². The maximum Gasteiger partial charge on any atom is 0.0899 e. The Hall–Kier alpha value is -0.820. The van der Waals surface area contributed by atoms with Gasteiger partial charge in [-0.3, -0.25) is 0 Å². The summed E-state index contributed by atoms with van der Waals surface area (Å²) in [6.45, 7) is 2.18. The van der Waals surface area contributed by atoms with Crippen molar-refractivity contribution in [1.29, 1.82) is 0 Å². The summed E-state index contributed by atoms with van der Waals surface area (Å²) in [6, 6.07) is 8.40. The van der Waals surface area contributed by atoms with Gasteiger partial charge in [0, 0.05) is 0 Å². The van der Waals surface area contributed by atoms with Gasteiger partial charge in [-0.1, -0.05) is 37.6 Å². The summed E-state index contributed by atoms with van der Waals surface area (Å²) < 4.78 is 0. The topological polar surface area (TPSA) is 20.2 Å². The highest BCUT2D eigenvalue weighted by atomic mass is 16.3. The highest BCUT2D eigenvalue weighted by Gasteiger charge is 2.41. The second-order valence-electron chi connectivity index (χ2n) is 3.98. The van der Waals surface area contributed by atoms with Gasteiger partial charge in [0.15, 0.2) is 0 Å². The van der Waals surface area contributed by atoms with Crippen LogP contribution in [0.1, 0.15) is 37.3 Å². The Morgan fingerprint density at radius 2 is 1.85 bits per heavy atom. The van der Waals surface area contributed by atoms with Gasteiger partial charge in [0.05, 0.1) is 5.60 Å². The van der Waals surface area contributed by atoms with E-state index in [1.54, 1.807) is 0 Å². The Bertz CT molecular complexity index is 282. The lowest BCUT2D eigenvalue weighted by atomic mass is 10.0. The van der Waals surface area contributed by atoms with E-state index < -0.39 is 5.60 Å². The minimum atomic E-state index is -0.468. The zero-order chi connectivity index (χ0) is 9.31. The van der Waals surface area contributed by atoms with Crippen LogP contribution in [0, 0.1) is 0 Å². The summed E-state index contributed by atoms with van der Waals surface area (Å²) in [4.78, 5) is 0. The van der Waals surface area contributed by atoms with Gasteiger partial charge in [0.25, 0.3) is 0 Å². The molecule has 1 N–H and O–H groups in total. The lowest BCUT2D eigenvalue weighted by Crippen LogP contribution is -2.03. The number of hydrogen-bond acceptors (Lipinski definition) is 1. The molecule has 1 saturated carbocycles. The fourth-order valence-electron chi connectivity index (χ4n) is 1.68. The van der Waals surface area contributed by atoms with Crippen molar-refractivity contribution in [3.63, 3.8) is 0 Å². The van der Waals surface area contributed by atoms with Crippen LogP contribution in [-0.4, -0.2) is 5.11 Å². The molecular weight excluding hydrogens is 160 g/mol. The van der Waals surface area contributed by atoms with E-state index in [-0.39, 0.29) is 0 Å². The molecule has 0 heterocycles. The molecule has 1 aromatic rings. The summed E-state index contributed by atoms with van der Waals surface area (Å²) in [6.07, 6.45) is 4.18. The number of rotatable bonds is 3. The molecule has 0 aliphatic heterocycles. The molecule has 0 radical (unpaired) electrons. The quantitative estimate of drug-likeness (QED) is 0.750. The number of hydrogen-bond donors (Lipinski definition) is 1. The van der Waals surface area contributed by atoms with Crippen LogP contribution in [0.15, 0.2) is 24.3 Å². The third-order valence-electron chi connectivity index (χ3n) is 2.75. The molecule has 1 nitrogen and oxygen atoms in total. The molecule has 1 fully saturated rings. The lowest BCUT2D eigenvalue weighted by Gasteiger charge is -2.08. The fraction of sp³-hybridized carbons (Fsp3) is 0.500. The standard InChI is InChI=1S/C12H16O/c1-2-3-10-4-6-11(7-5-10)12(13)8-9-12/h4-7,13H,2-3,8-9H2,1H3. The largest absolute Gasteiger partial charge is 0.385 e. The highest BCUT2D eigenvalue weighted by molar-refractivity contribution is 5.30. The van der Waals surface area contributed by atoms with E-state index in [9.17, 15) is 5.11 Å². The Morgan fingerprint density at radius 1 is 1.23 bits per heavy atom. The van der Waals surface area contributed by atoms with Crippen LogP contribution < -0.4 is 0 Å². The molecule has 0 spiro atoms. The Morgan fingerprint density at radius 3 is 2.31 bits per heavy atom. The Kier molecular flexibility index (Phi) is 2.12. The van der Waals surface area contributed by atoms with Gasteiger partial charge < -0.3 is 5.11 Å². The third-order valence-corrected chi connectivity index (χ3v) is 2.75. The number of aliphatic hydroxyl groups is 1.